The lowest BCUT2D eigenvalue weighted by atomic mass is 9.93. The summed E-state index contributed by atoms with van der Waals surface area (Å²) in [5, 5.41) is 7.14. The van der Waals surface area contributed by atoms with E-state index >= 15 is 0 Å². The number of amides is 1. The lowest BCUT2D eigenvalue weighted by Gasteiger charge is -2.17. The number of allylic oxidation sites excluding steroid dienone is 1. The lowest BCUT2D eigenvalue weighted by molar-refractivity contribution is -0.120. The number of hydrogen-bond donors (Lipinski definition) is 3. The second-order valence-electron chi connectivity index (χ2n) is 8.24. The lowest BCUT2D eigenvalue weighted by Crippen LogP contribution is -2.32. The number of aromatic nitrogens is 1. The van der Waals surface area contributed by atoms with Crippen LogP contribution in [-0.4, -0.2) is 48.4 Å². The zero-order valence-electron chi connectivity index (χ0n) is 18.0. The van der Waals surface area contributed by atoms with Crippen molar-refractivity contribution >= 4 is 23.9 Å². The first-order valence-corrected chi connectivity index (χ1v) is 10.3. The van der Waals surface area contributed by atoms with Crippen molar-refractivity contribution in [3.05, 3.63) is 40.6 Å². The van der Waals surface area contributed by atoms with E-state index in [2.05, 4.69) is 71.7 Å². The minimum absolute atomic E-state index is 0.153. The number of H-pyrrole nitrogens is 1. The molecule has 7 heteroatoms. The first-order valence-electron chi connectivity index (χ1n) is 10.3. The fourth-order valence-corrected chi connectivity index (χ4v) is 3.94. The summed E-state index contributed by atoms with van der Waals surface area (Å²) in [6.07, 6.45) is 10.6. The Bertz CT molecular complexity index is 872. The molecule has 0 aliphatic carbocycles. The van der Waals surface area contributed by atoms with Crippen LogP contribution in [0.2, 0.25) is 0 Å². The van der Waals surface area contributed by atoms with Crippen LogP contribution in [0.4, 0.5) is 0 Å². The van der Waals surface area contributed by atoms with Gasteiger partial charge in [0.15, 0.2) is 0 Å². The molecule has 1 amide bonds. The second-order valence-corrected chi connectivity index (χ2v) is 8.24. The number of nitrogens with zero attached hydrogens (tertiary/aromatic N) is 3. The molecule has 0 aromatic carbocycles. The molecule has 0 spiro atoms. The summed E-state index contributed by atoms with van der Waals surface area (Å²) < 4.78 is 0. The van der Waals surface area contributed by atoms with Gasteiger partial charge in [0, 0.05) is 30.0 Å². The van der Waals surface area contributed by atoms with Gasteiger partial charge in [-0.3, -0.25) is 9.79 Å². The molecular weight excluding hydrogens is 364 g/mol. The topological polar surface area (TPSA) is 84.9 Å². The van der Waals surface area contributed by atoms with Crippen molar-refractivity contribution in [3.8, 4) is 0 Å². The molecule has 2 aliphatic heterocycles. The van der Waals surface area contributed by atoms with Crippen molar-refractivity contribution in [2.24, 2.45) is 16.0 Å². The molecule has 3 rings (SSSR count). The number of carbonyl (C=O) groups is 1. The number of carbonyl (C=O) groups excluding carboxylic acids is 1. The maximum Gasteiger partial charge on any atom is 0.254 e. The summed E-state index contributed by atoms with van der Waals surface area (Å²) >= 11 is 0. The fraction of sp³-hybridized carbons (Fsp3) is 0.500. The molecule has 156 valence electrons. The SMILES string of the molecule is Cc1[nH]c(C=C2NC=CN=C2C2C=NNC2=O)c(C(C)C)c1CCCCN(C)C. The molecule has 1 unspecified atom stereocenters. The number of aryl methyl sites for hydroxylation is 1. The summed E-state index contributed by atoms with van der Waals surface area (Å²) in [7, 11) is 4.23. The number of nitrogens with one attached hydrogen (secondary N) is 3. The van der Waals surface area contributed by atoms with Gasteiger partial charge in [0.05, 0.1) is 11.4 Å². The maximum absolute atomic E-state index is 12.1. The Kier molecular flexibility index (Phi) is 6.69. The molecule has 1 aromatic heterocycles. The van der Waals surface area contributed by atoms with Crippen LogP contribution in [0.15, 0.2) is 28.2 Å². The van der Waals surface area contributed by atoms with Crippen molar-refractivity contribution in [2.75, 3.05) is 20.6 Å². The van der Waals surface area contributed by atoms with Crippen molar-refractivity contribution in [3.63, 3.8) is 0 Å². The molecule has 7 nitrogen and oxygen atoms in total. The first kappa shape index (κ1) is 21.0. The predicted octanol–water partition coefficient (Wildman–Crippen LogP) is 2.92. The van der Waals surface area contributed by atoms with Gasteiger partial charge in [0.25, 0.3) is 5.91 Å². The van der Waals surface area contributed by atoms with E-state index in [1.165, 1.54) is 29.7 Å². The van der Waals surface area contributed by atoms with Crippen LogP contribution in [0.25, 0.3) is 6.08 Å². The highest BCUT2D eigenvalue weighted by Gasteiger charge is 2.30. The van der Waals surface area contributed by atoms with Crippen LogP contribution in [0.1, 0.15) is 55.1 Å². The molecular formula is C22H32N6O. The van der Waals surface area contributed by atoms with E-state index in [9.17, 15) is 4.79 Å². The molecule has 3 N–H and O–H groups in total. The van der Waals surface area contributed by atoms with Gasteiger partial charge in [0.2, 0.25) is 0 Å². The third-order valence-corrected chi connectivity index (χ3v) is 5.32. The smallest absolute Gasteiger partial charge is 0.254 e. The highest BCUT2D eigenvalue weighted by molar-refractivity contribution is 6.24. The quantitative estimate of drug-likeness (QED) is 0.591. The zero-order valence-corrected chi connectivity index (χ0v) is 18.0. The molecule has 0 saturated carbocycles. The summed E-state index contributed by atoms with van der Waals surface area (Å²) in [5.74, 6) is -0.227. The fourth-order valence-electron chi connectivity index (χ4n) is 3.94. The molecule has 29 heavy (non-hydrogen) atoms. The standard InChI is InChI=1S/C22H32N6O/c1-14(2)20-16(8-6-7-11-28(4)5)15(3)26-18(20)12-19-21(24-10-9-23-19)17-13-25-27-22(17)29/h9-10,12-14,17,23,26H,6-8,11H2,1-5H3,(H,27,29). The van der Waals surface area contributed by atoms with Crippen molar-refractivity contribution < 1.29 is 4.79 Å². The van der Waals surface area contributed by atoms with Gasteiger partial charge >= 0.3 is 0 Å². The Morgan fingerprint density at radius 3 is 2.72 bits per heavy atom. The Morgan fingerprint density at radius 1 is 1.28 bits per heavy atom. The zero-order chi connectivity index (χ0) is 21.0. The van der Waals surface area contributed by atoms with Crippen LogP contribution in [-0.2, 0) is 11.2 Å². The minimum Gasteiger partial charge on any atom is -0.359 e. The number of hydrogen-bond acceptors (Lipinski definition) is 5. The number of unbranched alkanes of at least 4 members (excludes halogenated alkanes) is 1. The third-order valence-electron chi connectivity index (χ3n) is 5.32. The Balaban J connectivity index is 1.88. The molecule has 1 atom stereocenters. The average molecular weight is 397 g/mol. The monoisotopic (exact) mass is 396 g/mol. The largest absolute Gasteiger partial charge is 0.359 e. The summed E-state index contributed by atoms with van der Waals surface area (Å²) in [6.45, 7) is 7.72. The molecule has 3 heterocycles. The highest BCUT2D eigenvalue weighted by Crippen LogP contribution is 2.30. The van der Waals surface area contributed by atoms with Gasteiger partial charge in [-0.2, -0.15) is 5.10 Å². The Hall–Kier alpha value is -2.67. The van der Waals surface area contributed by atoms with Crippen LogP contribution >= 0.6 is 0 Å². The van der Waals surface area contributed by atoms with E-state index < -0.39 is 5.92 Å². The second kappa shape index (κ2) is 9.22. The number of rotatable bonds is 8. The Labute approximate surface area is 173 Å². The van der Waals surface area contributed by atoms with Crippen LogP contribution in [0, 0.1) is 12.8 Å². The van der Waals surface area contributed by atoms with Crippen molar-refractivity contribution in [2.45, 2.75) is 46.0 Å². The van der Waals surface area contributed by atoms with Gasteiger partial charge in [0.1, 0.15) is 5.92 Å². The normalized spacial score (nSPS) is 20.0. The van der Waals surface area contributed by atoms with Crippen LogP contribution in [0.5, 0.6) is 0 Å². The first-order chi connectivity index (χ1) is 13.9. The predicted molar refractivity (Wildman–Crippen MR) is 119 cm³/mol. The maximum atomic E-state index is 12.1. The minimum atomic E-state index is -0.470. The van der Waals surface area contributed by atoms with E-state index in [1.807, 2.05) is 0 Å². The van der Waals surface area contributed by atoms with Gasteiger partial charge in [-0.05, 0) is 69.9 Å². The van der Waals surface area contributed by atoms with E-state index in [0.29, 0.717) is 11.6 Å². The van der Waals surface area contributed by atoms with Crippen molar-refractivity contribution in [1.82, 2.24) is 20.6 Å². The number of hydrazone groups is 1. The molecule has 1 aromatic rings. The van der Waals surface area contributed by atoms with E-state index in [-0.39, 0.29) is 5.91 Å². The molecule has 0 radical (unpaired) electrons. The van der Waals surface area contributed by atoms with Crippen LogP contribution in [0.3, 0.4) is 0 Å². The van der Waals surface area contributed by atoms with E-state index in [0.717, 1.165) is 24.4 Å². The summed E-state index contributed by atoms with van der Waals surface area (Å²) in [4.78, 5) is 22.4. The van der Waals surface area contributed by atoms with E-state index in [4.69, 9.17) is 0 Å². The number of aromatic amines is 1. The third kappa shape index (κ3) is 4.85. The summed E-state index contributed by atoms with van der Waals surface area (Å²) in [6, 6.07) is 0. The Morgan fingerprint density at radius 2 is 2.07 bits per heavy atom. The van der Waals surface area contributed by atoms with Crippen molar-refractivity contribution in [1.29, 1.82) is 0 Å². The molecule has 0 fully saturated rings. The van der Waals surface area contributed by atoms with Crippen LogP contribution < -0.4 is 10.7 Å². The average Bonchev–Trinajstić information content (AvgIpc) is 3.22. The van der Waals surface area contributed by atoms with Gasteiger partial charge in [-0.25, -0.2) is 5.43 Å². The molecule has 0 saturated heterocycles. The number of aliphatic imine (C=N–C) groups is 1. The highest BCUT2D eigenvalue weighted by atomic mass is 16.2. The van der Waals surface area contributed by atoms with Gasteiger partial charge < -0.3 is 15.2 Å². The summed E-state index contributed by atoms with van der Waals surface area (Å²) in [5.41, 5.74) is 9.06. The van der Waals surface area contributed by atoms with Gasteiger partial charge in [-0.15, -0.1) is 0 Å². The van der Waals surface area contributed by atoms with Gasteiger partial charge in [-0.1, -0.05) is 13.8 Å². The molecule has 0 bridgehead atoms. The molecule has 2 aliphatic rings. The van der Waals surface area contributed by atoms with E-state index in [1.54, 1.807) is 18.6 Å².